The van der Waals surface area contributed by atoms with Crippen molar-refractivity contribution in [2.45, 2.75) is 33.6 Å². The molecule has 0 aliphatic carbocycles. The molecular weight excluding hydrogens is 376 g/mol. The van der Waals surface area contributed by atoms with Crippen LogP contribution in [-0.4, -0.2) is 55.4 Å². The van der Waals surface area contributed by atoms with Crippen LogP contribution in [0, 0.1) is 0 Å². The first-order valence-electron chi connectivity index (χ1n) is 7.91. The van der Waals surface area contributed by atoms with Crippen LogP contribution in [0.4, 0.5) is 0 Å². The summed E-state index contributed by atoms with van der Waals surface area (Å²) >= 11 is 0. The molecule has 5 N–H and O–H groups in total. The van der Waals surface area contributed by atoms with Crippen molar-refractivity contribution < 1.29 is 49.5 Å². The van der Waals surface area contributed by atoms with Crippen molar-refractivity contribution in [2.75, 3.05) is 0 Å². The van der Waals surface area contributed by atoms with Gasteiger partial charge in [0.05, 0.1) is 22.3 Å². The van der Waals surface area contributed by atoms with Gasteiger partial charge in [0.1, 0.15) is 0 Å². The maximum Gasteiger partial charge on any atom is 0.336 e. The molecule has 0 aliphatic rings. The molecule has 10 heteroatoms. The molecule has 0 radical (unpaired) electrons. The van der Waals surface area contributed by atoms with Crippen molar-refractivity contribution in [1.82, 2.24) is 0 Å². The van der Waals surface area contributed by atoms with Crippen LogP contribution in [0.25, 0.3) is 0 Å². The quantitative estimate of drug-likeness (QED) is 0.429. The molecule has 0 spiro atoms. The van der Waals surface area contributed by atoms with Crippen LogP contribution >= 0.6 is 0 Å². The number of hydrogen-bond donors (Lipinski definition) is 5. The maximum absolute atomic E-state index is 10.8. The lowest BCUT2D eigenvalue weighted by Gasteiger charge is -2.06. The predicted octanol–water partition coefficient (Wildman–Crippen LogP) is 2.69. The Balaban J connectivity index is 0.000000621. The first kappa shape index (κ1) is 24.3. The van der Waals surface area contributed by atoms with Gasteiger partial charge in [0.25, 0.3) is 0 Å². The molecule has 1 aromatic carbocycles. The van der Waals surface area contributed by atoms with Gasteiger partial charge < -0.3 is 25.5 Å². The number of aliphatic carboxylic acids is 1. The van der Waals surface area contributed by atoms with Gasteiger partial charge in [-0.2, -0.15) is 0 Å². The van der Waals surface area contributed by atoms with E-state index in [0.717, 1.165) is 18.4 Å². The fraction of sp³-hybridized carbons (Fsp3) is 0.278. The van der Waals surface area contributed by atoms with E-state index in [1.807, 2.05) is 13.8 Å². The van der Waals surface area contributed by atoms with E-state index in [2.05, 4.69) is 0 Å². The molecule has 28 heavy (non-hydrogen) atoms. The monoisotopic (exact) mass is 396 g/mol. The van der Waals surface area contributed by atoms with Crippen molar-refractivity contribution in [1.29, 1.82) is 0 Å². The average molecular weight is 396 g/mol. The van der Waals surface area contributed by atoms with Crippen LogP contribution in [0.5, 0.6) is 0 Å². The molecule has 10 nitrogen and oxygen atoms in total. The topological polar surface area (TPSA) is 186 Å². The Morgan fingerprint density at radius 3 is 1.00 bits per heavy atom. The molecule has 0 heterocycles. The Morgan fingerprint density at radius 1 is 0.643 bits per heavy atom. The first-order valence-corrected chi connectivity index (χ1v) is 7.91. The summed E-state index contributed by atoms with van der Waals surface area (Å²) in [5, 5.41) is 43.5. The Morgan fingerprint density at radius 2 is 0.893 bits per heavy atom. The third-order valence-electron chi connectivity index (χ3n) is 3.78. The van der Waals surface area contributed by atoms with E-state index in [1.165, 1.54) is 0 Å². The number of aromatic carboxylic acids is 4. The van der Waals surface area contributed by atoms with Crippen molar-refractivity contribution in [3.63, 3.8) is 0 Å². The maximum atomic E-state index is 10.8. The highest BCUT2D eigenvalue weighted by Gasteiger charge is 2.24. The highest BCUT2D eigenvalue weighted by molar-refractivity contribution is 6.09. The molecular formula is C18H20O10. The molecule has 0 atom stereocenters. The molecule has 0 bridgehead atoms. The van der Waals surface area contributed by atoms with Gasteiger partial charge in [-0.05, 0) is 31.9 Å². The summed E-state index contributed by atoms with van der Waals surface area (Å²) < 4.78 is 0. The number of hydrogen-bond acceptors (Lipinski definition) is 5. The van der Waals surface area contributed by atoms with Crippen molar-refractivity contribution in [3.8, 4) is 0 Å². The number of allylic oxidation sites excluding steroid dienone is 1. The molecule has 0 aliphatic heterocycles. The van der Waals surface area contributed by atoms with Gasteiger partial charge in [-0.1, -0.05) is 19.4 Å². The van der Waals surface area contributed by atoms with Gasteiger partial charge in [0.15, 0.2) is 0 Å². The Bertz CT molecular complexity index is 744. The predicted molar refractivity (Wildman–Crippen MR) is 95.2 cm³/mol. The third kappa shape index (κ3) is 6.24. The normalized spacial score (nSPS) is 9.54. The minimum absolute atomic E-state index is 0.505. The van der Waals surface area contributed by atoms with Gasteiger partial charge in [-0.25, -0.2) is 24.0 Å². The zero-order valence-electron chi connectivity index (χ0n) is 15.3. The SMILES string of the molecule is CCC(CC)=C(C)C(=O)O.O=C(O)c1cc(C(=O)O)c(C(=O)O)cc1C(=O)O. The number of rotatable bonds is 7. The minimum atomic E-state index is -1.66. The van der Waals surface area contributed by atoms with E-state index in [0.29, 0.717) is 17.7 Å². The van der Waals surface area contributed by atoms with Gasteiger partial charge in [0.2, 0.25) is 0 Å². The summed E-state index contributed by atoms with van der Waals surface area (Å²) in [7, 11) is 0. The molecule has 152 valence electrons. The second-order valence-corrected chi connectivity index (χ2v) is 5.40. The number of carboxylic acids is 5. The number of carboxylic acid groups (broad SMARTS) is 5. The highest BCUT2D eigenvalue weighted by atomic mass is 16.4. The summed E-state index contributed by atoms with van der Waals surface area (Å²) in [6.07, 6.45) is 1.68. The van der Waals surface area contributed by atoms with E-state index < -0.39 is 52.1 Å². The van der Waals surface area contributed by atoms with Crippen molar-refractivity contribution in [3.05, 3.63) is 45.5 Å². The summed E-state index contributed by atoms with van der Waals surface area (Å²) in [4.78, 5) is 53.5. The van der Waals surface area contributed by atoms with Crippen LogP contribution in [-0.2, 0) is 4.79 Å². The molecule has 0 amide bonds. The standard InChI is InChI=1S/C10H6O8.C8H14O2/c11-7(12)3-1-4(8(13)14)6(10(17)18)2-5(3)9(15)16;1-4-7(5-2)6(3)8(9)10/h1-2H,(H,11,12)(H,13,14)(H,15,16)(H,17,18);4-5H2,1-3H3,(H,9,10). The number of benzene rings is 1. The Labute approximate surface area is 159 Å². The first-order chi connectivity index (χ1) is 12.9. The molecule has 0 fully saturated rings. The smallest absolute Gasteiger partial charge is 0.336 e. The van der Waals surface area contributed by atoms with Crippen LogP contribution in [0.15, 0.2) is 23.3 Å². The van der Waals surface area contributed by atoms with E-state index in [-0.39, 0.29) is 0 Å². The van der Waals surface area contributed by atoms with Crippen LogP contribution in [0.3, 0.4) is 0 Å². The third-order valence-corrected chi connectivity index (χ3v) is 3.78. The van der Waals surface area contributed by atoms with Crippen LogP contribution in [0.2, 0.25) is 0 Å². The minimum Gasteiger partial charge on any atom is -0.478 e. The fourth-order valence-electron chi connectivity index (χ4n) is 2.24. The largest absolute Gasteiger partial charge is 0.478 e. The summed E-state index contributed by atoms with van der Waals surface area (Å²) in [6, 6.07) is 1.02. The van der Waals surface area contributed by atoms with E-state index in [1.54, 1.807) is 6.92 Å². The number of carbonyl (C=O) groups is 5. The molecule has 0 unspecified atom stereocenters. The van der Waals surface area contributed by atoms with E-state index in [4.69, 9.17) is 25.5 Å². The van der Waals surface area contributed by atoms with Crippen molar-refractivity contribution >= 4 is 29.8 Å². The lowest BCUT2D eigenvalue weighted by Crippen LogP contribution is -2.15. The Kier molecular flexibility index (Phi) is 9.08. The van der Waals surface area contributed by atoms with E-state index in [9.17, 15) is 24.0 Å². The van der Waals surface area contributed by atoms with Gasteiger partial charge in [-0.15, -0.1) is 0 Å². The molecule has 1 aromatic rings. The highest BCUT2D eigenvalue weighted by Crippen LogP contribution is 2.18. The van der Waals surface area contributed by atoms with Crippen LogP contribution < -0.4 is 0 Å². The lowest BCUT2D eigenvalue weighted by molar-refractivity contribution is -0.132. The van der Waals surface area contributed by atoms with Crippen molar-refractivity contribution in [2.24, 2.45) is 0 Å². The second-order valence-electron chi connectivity index (χ2n) is 5.40. The second kappa shape index (κ2) is 10.5. The molecule has 1 rings (SSSR count). The average Bonchev–Trinajstić information content (AvgIpc) is 2.61. The van der Waals surface area contributed by atoms with Crippen LogP contribution in [0.1, 0.15) is 75.0 Å². The summed E-state index contributed by atoms with van der Waals surface area (Å²) in [5.41, 5.74) is -1.61. The van der Waals surface area contributed by atoms with E-state index >= 15 is 0 Å². The van der Waals surface area contributed by atoms with Gasteiger partial charge in [0, 0.05) is 5.57 Å². The Hall–Kier alpha value is -3.69. The van der Waals surface area contributed by atoms with Gasteiger partial charge in [-0.3, -0.25) is 0 Å². The molecule has 0 saturated carbocycles. The summed E-state index contributed by atoms with van der Waals surface area (Å²) in [6.45, 7) is 5.61. The molecule has 0 aromatic heterocycles. The lowest BCUT2D eigenvalue weighted by atomic mass is 9.98. The van der Waals surface area contributed by atoms with Gasteiger partial charge >= 0.3 is 29.8 Å². The summed E-state index contributed by atoms with van der Waals surface area (Å²) in [5.74, 6) is -7.43. The molecule has 0 saturated heterocycles. The zero-order valence-corrected chi connectivity index (χ0v) is 15.3. The fourth-order valence-corrected chi connectivity index (χ4v) is 2.24. The zero-order chi connectivity index (χ0) is 22.2.